The van der Waals surface area contributed by atoms with Crippen molar-refractivity contribution < 1.29 is 22.3 Å². The van der Waals surface area contributed by atoms with Crippen molar-refractivity contribution in [1.82, 2.24) is 9.21 Å². The van der Waals surface area contributed by atoms with Gasteiger partial charge in [-0.15, -0.1) is 0 Å². The first-order chi connectivity index (χ1) is 11.5. The molecule has 3 rings (SSSR count). The minimum Gasteiger partial charge on any atom is -0.378 e. The Labute approximate surface area is 141 Å². The van der Waals surface area contributed by atoms with Crippen molar-refractivity contribution in [1.29, 1.82) is 0 Å². The molecule has 1 aromatic rings. The molecule has 0 radical (unpaired) electrons. The van der Waals surface area contributed by atoms with Gasteiger partial charge in [0, 0.05) is 32.1 Å². The van der Waals surface area contributed by atoms with Gasteiger partial charge in [-0.05, 0) is 31.0 Å². The van der Waals surface area contributed by atoms with Crippen molar-refractivity contribution in [2.75, 3.05) is 39.4 Å². The normalized spacial score (nSPS) is 21.0. The molecule has 0 bridgehead atoms. The first-order valence-electron chi connectivity index (χ1n) is 8.11. The van der Waals surface area contributed by atoms with Gasteiger partial charge in [-0.25, -0.2) is 12.8 Å². The average molecular weight is 356 g/mol. The summed E-state index contributed by atoms with van der Waals surface area (Å²) in [6.45, 7) is 2.86. The van der Waals surface area contributed by atoms with Crippen LogP contribution in [-0.4, -0.2) is 62.9 Å². The number of carbonyl (C=O) groups excluding carboxylic acids is 1. The quantitative estimate of drug-likeness (QED) is 0.813. The van der Waals surface area contributed by atoms with Gasteiger partial charge in [-0.1, -0.05) is 6.07 Å². The first-order valence-corrected chi connectivity index (χ1v) is 9.55. The summed E-state index contributed by atoms with van der Waals surface area (Å²) < 4.78 is 45.0. The molecule has 2 saturated heterocycles. The fourth-order valence-corrected chi connectivity index (χ4v) is 4.66. The Morgan fingerprint density at radius 2 is 1.79 bits per heavy atom. The number of morpholine rings is 1. The second-order valence-corrected chi connectivity index (χ2v) is 8.01. The third-order valence-corrected chi connectivity index (χ3v) is 6.45. The molecule has 0 N–H and O–H groups in total. The standard InChI is InChI=1S/C16H21FN2O4S/c17-14-2-1-3-15(12-14)24(21,22)19-6-4-13(5-7-19)16(20)18-8-10-23-11-9-18/h1-3,12-13H,4-11H2. The Bertz CT molecular complexity index is 696. The van der Waals surface area contributed by atoms with E-state index < -0.39 is 15.8 Å². The van der Waals surface area contributed by atoms with Crippen LogP contribution in [0.1, 0.15) is 12.8 Å². The van der Waals surface area contributed by atoms with Crippen LogP contribution in [0.2, 0.25) is 0 Å². The molecule has 0 saturated carbocycles. The highest BCUT2D eigenvalue weighted by atomic mass is 32.2. The smallest absolute Gasteiger partial charge is 0.243 e. The van der Waals surface area contributed by atoms with Crippen molar-refractivity contribution in [3.63, 3.8) is 0 Å². The van der Waals surface area contributed by atoms with E-state index in [9.17, 15) is 17.6 Å². The molecule has 24 heavy (non-hydrogen) atoms. The molecule has 2 aliphatic heterocycles. The van der Waals surface area contributed by atoms with Crippen LogP contribution in [-0.2, 0) is 19.6 Å². The van der Waals surface area contributed by atoms with E-state index in [4.69, 9.17) is 4.74 Å². The van der Waals surface area contributed by atoms with Gasteiger partial charge in [-0.2, -0.15) is 4.31 Å². The lowest BCUT2D eigenvalue weighted by Gasteiger charge is -2.35. The maximum atomic E-state index is 13.3. The zero-order valence-electron chi connectivity index (χ0n) is 13.4. The van der Waals surface area contributed by atoms with E-state index in [2.05, 4.69) is 0 Å². The molecule has 0 unspecified atom stereocenters. The number of sulfonamides is 1. The van der Waals surface area contributed by atoms with E-state index in [1.165, 1.54) is 22.5 Å². The number of ether oxygens (including phenoxy) is 1. The molecule has 2 aliphatic rings. The number of benzene rings is 1. The molecule has 0 spiro atoms. The second-order valence-electron chi connectivity index (χ2n) is 6.07. The Kier molecular flexibility index (Phi) is 5.17. The van der Waals surface area contributed by atoms with Crippen molar-refractivity contribution >= 4 is 15.9 Å². The largest absolute Gasteiger partial charge is 0.378 e. The van der Waals surface area contributed by atoms with E-state index in [-0.39, 0.29) is 29.8 Å². The molecule has 2 fully saturated rings. The monoisotopic (exact) mass is 356 g/mol. The van der Waals surface area contributed by atoms with Crippen LogP contribution in [0.15, 0.2) is 29.2 Å². The number of nitrogens with zero attached hydrogens (tertiary/aromatic N) is 2. The van der Waals surface area contributed by atoms with E-state index >= 15 is 0 Å². The molecule has 1 amide bonds. The van der Waals surface area contributed by atoms with Crippen LogP contribution in [0, 0.1) is 11.7 Å². The molecule has 132 valence electrons. The average Bonchev–Trinajstić information content (AvgIpc) is 2.62. The number of piperidine rings is 1. The van der Waals surface area contributed by atoms with Crippen molar-refractivity contribution in [3.8, 4) is 0 Å². The highest BCUT2D eigenvalue weighted by Gasteiger charge is 2.34. The topological polar surface area (TPSA) is 66.9 Å². The van der Waals surface area contributed by atoms with Crippen LogP contribution in [0.4, 0.5) is 4.39 Å². The number of amides is 1. The molecule has 0 atom stereocenters. The van der Waals surface area contributed by atoms with E-state index in [1.54, 1.807) is 4.90 Å². The van der Waals surface area contributed by atoms with Gasteiger partial charge in [0.15, 0.2) is 0 Å². The maximum absolute atomic E-state index is 13.3. The Morgan fingerprint density at radius 3 is 2.42 bits per heavy atom. The fourth-order valence-electron chi connectivity index (χ4n) is 3.16. The van der Waals surface area contributed by atoms with Gasteiger partial charge < -0.3 is 9.64 Å². The third-order valence-electron chi connectivity index (χ3n) is 4.56. The SMILES string of the molecule is O=C(C1CCN(S(=O)(=O)c2cccc(F)c2)CC1)N1CCOCC1. The number of halogens is 1. The second kappa shape index (κ2) is 7.16. The minimum atomic E-state index is -3.71. The Balaban J connectivity index is 1.63. The zero-order valence-corrected chi connectivity index (χ0v) is 14.2. The molecule has 6 nitrogen and oxygen atoms in total. The summed E-state index contributed by atoms with van der Waals surface area (Å²) in [7, 11) is -3.71. The molecule has 1 aromatic carbocycles. The first kappa shape index (κ1) is 17.3. The summed E-state index contributed by atoms with van der Waals surface area (Å²) >= 11 is 0. The number of carbonyl (C=O) groups is 1. The summed E-state index contributed by atoms with van der Waals surface area (Å²) in [5.74, 6) is -0.642. The van der Waals surface area contributed by atoms with Crippen LogP contribution < -0.4 is 0 Å². The number of hydrogen-bond acceptors (Lipinski definition) is 4. The van der Waals surface area contributed by atoms with Gasteiger partial charge >= 0.3 is 0 Å². The van der Waals surface area contributed by atoms with Crippen LogP contribution in [0.3, 0.4) is 0 Å². The van der Waals surface area contributed by atoms with Gasteiger partial charge in [0.05, 0.1) is 18.1 Å². The van der Waals surface area contributed by atoms with E-state index in [0.29, 0.717) is 39.1 Å². The molecule has 0 aliphatic carbocycles. The lowest BCUT2D eigenvalue weighted by Crippen LogP contribution is -2.47. The van der Waals surface area contributed by atoms with Crippen LogP contribution in [0.25, 0.3) is 0 Å². The van der Waals surface area contributed by atoms with Crippen molar-refractivity contribution in [2.24, 2.45) is 5.92 Å². The van der Waals surface area contributed by atoms with Crippen LogP contribution in [0.5, 0.6) is 0 Å². The summed E-state index contributed by atoms with van der Waals surface area (Å²) in [4.78, 5) is 14.2. The molecule has 2 heterocycles. The van der Waals surface area contributed by atoms with Gasteiger partial charge in [-0.3, -0.25) is 4.79 Å². The maximum Gasteiger partial charge on any atom is 0.243 e. The molecular weight excluding hydrogens is 335 g/mol. The highest BCUT2D eigenvalue weighted by Crippen LogP contribution is 2.25. The summed E-state index contributed by atoms with van der Waals surface area (Å²) in [6, 6.07) is 5.02. The van der Waals surface area contributed by atoms with Gasteiger partial charge in [0.2, 0.25) is 15.9 Å². The van der Waals surface area contributed by atoms with Crippen molar-refractivity contribution in [2.45, 2.75) is 17.7 Å². The zero-order chi connectivity index (χ0) is 17.2. The lowest BCUT2D eigenvalue weighted by atomic mass is 9.96. The van der Waals surface area contributed by atoms with Gasteiger partial charge in [0.25, 0.3) is 0 Å². The number of rotatable bonds is 3. The minimum absolute atomic E-state index is 0.0412. The Morgan fingerprint density at radius 1 is 1.12 bits per heavy atom. The van der Waals surface area contributed by atoms with Gasteiger partial charge in [0.1, 0.15) is 5.82 Å². The molecular formula is C16H21FN2O4S. The lowest BCUT2D eigenvalue weighted by molar-refractivity contribution is -0.140. The predicted molar refractivity (Wildman–Crippen MR) is 85.3 cm³/mol. The summed E-state index contributed by atoms with van der Waals surface area (Å²) in [5.41, 5.74) is 0. The predicted octanol–water partition coefficient (Wildman–Crippen LogP) is 1.09. The Hall–Kier alpha value is -1.51. The third kappa shape index (κ3) is 3.60. The van der Waals surface area contributed by atoms with Crippen molar-refractivity contribution in [3.05, 3.63) is 30.1 Å². The summed E-state index contributed by atoms with van der Waals surface area (Å²) in [6.07, 6.45) is 0.982. The van der Waals surface area contributed by atoms with E-state index in [0.717, 1.165) is 6.07 Å². The molecule has 8 heteroatoms. The fraction of sp³-hybridized carbons (Fsp3) is 0.562. The molecule has 0 aromatic heterocycles. The van der Waals surface area contributed by atoms with E-state index in [1.807, 2.05) is 0 Å². The van der Waals surface area contributed by atoms with Crippen LogP contribution >= 0.6 is 0 Å². The highest BCUT2D eigenvalue weighted by molar-refractivity contribution is 7.89. The number of hydrogen-bond donors (Lipinski definition) is 0. The summed E-state index contributed by atoms with van der Waals surface area (Å²) in [5, 5.41) is 0.